The highest BCUT2D eigenvalue weighted by Crippen LogP contribution is 2.17. The van der Waals surface area contributed by atoms with Crippen LogP contribution in [0.4, 0.5) is 11.4 Å². The van der Waals surface area contributed by atoms with Crippen molar-refractivity contribution in [3.05, 3.63) is 89.5 Å². The van der Waals surface area contributed by atoms with Crippen LogP contribution in [0.1, 0.15) is 16.7 Å². The van der Waals surface area contributed by atoms with Crippen LogP contribution in [0.15, 0.2) is 72.8 Å². The summed E-state index contributed by atoms with van der Waals surface area (Å²) in [6.07, 6.45) is 0. The first kappa shape index (κ1) is 18.5. The van der Waals surface area contributed by atoms with Crippen molar-refractivity contribution >= 4 is 17.3 Å². The lowest BCUT2D eigenvalue weighted by Gasteiger charge is -2.10. The molecule has 0 unspecified atom stereocenters. The van der Waals surface area contributed by atoms with Crippen LogP contribution in [0.3, 0.4) is 0 Å². The average Bonchev–Trinajstić information content (AvgIpc) is 2.66. The highest BCUT2D eigenvalue weighted by molar-refractivity contribution is 5.93. The third-order valence-electron chi connectivity index (χ3n) is 4.06. The number of nitrogens with one attached hydrogen (secondary N) is 2. The van der Waals surface area contributed by atoms with Gasteiger partial charge in [0.15, 0.2) is 0 Å². The zero-order valence-electron chi connectivity index (χ0n) is 15.7. The van der Waals surface area contributed by atoms with Crippen LogP contribution >= 0.6 is 0 Å². The second-order valence-corrected chi connectivity index (χ2v) is 6.58. The number of amides is 1. The fourth-order valence-corrected chi connectivity index (χ4v) is 2.84. The molecule has 3 aromatic carbocycles. The zero-order chi connectivity index (χ0) is 19.1. The molecule has 0 atom stereocenters. The van der Waals surface area contributed by atoms with Crippen molar-refractivity contribution < 1.29 is 9.53 Å². The summed E-state index contributed by atoms with van der Waals surface area (Å²) in [6.45, 7) is 4.82. The van der Waals surface area contributed by atoms with Crippen LogP contribution in [0.5, 0.6) is 5.75 Å². The summed E-state index contributed by atoms with van der Waals surface area (Å²) >= 11 is 0. The Bertz CT molecular complexity index is 870. The Labute approximate surface area is 160 Å². The second-order valence-electron chi connectivity index (χ2n) is 6.58. The Hall–Kier alpha value is -3.27. The Balaban J connectivity index is 1.48. The van der Waals surface area contributed by atoms with Gasteiger partial charge in [0, 0.05) is 11.4 Å². The molecule has 0 bridgehead atoms. The molecule has 0 aromatic heterocycles. The molecular weight excluding hydrogens is 336 g/mol. The quantitative estimate of drug-likeness (QED) is 0.628. The van der Waals surface area contributed by atoms with Gasteiger partial charge in [-0.25, -0.2) is 0 Å². The summed E-state index contributed by atoms with van der Waals surface area (Å²) < 4.78 is 5.75. The first-order valence-corrected chi connectivity index (χ1v) is 8.97. The standard InChI is InChI=1S/C23H24N2O2/c1-17-12-18(2)14-21(13-17)24-15-23(26)25-20-8-10-22(11-9-20)27-16-19-6-4-3-5-7-19/h3-14,24H,15-16H2,1-2H3,(H,25,26). The molecule has 0 aliphatic carbocycles. The minimum atomic E-state index is -0.0906. The lowest BCUT2D eigenvalue weighted by molar-refractivity contribution is -0.114. The summed E-state index contributed by atoms with van der Waals surface area (Å²) in [5.74, 6) is 0.678. The summed E-state index contributed by atoms with van der Waals surface area (Å²) in [7, 11) is 0. The van der Waals surface area contributed by atoms with Crippen LogP contribution in [0.2, 0.25) is 0 Å². The van der Waals surface area contributed by atoms with E-state index in [1.807, 2.05) is 80.6 Å². The first-order chi connectivity index (χ1) is 13.1. The van der Waals surface area contributed by atoms with E-state index in [9.17, 15) is 4.79 Å². The Morgan fingerprint density at radius 2 is 1.52 bits per heavy atom. The van der Waals surface area contributed by atoms with Crippen molar-refractivity contribution in [3.63, 3.8) is 0 Å². The lowest BCUT2D eigenvalue weighted by Crippen LogP contribution is -2.21. The monoisotopic (exact) mass is 360 g/mol. The minimum absolute atomic E-state index is 0.0906. The number of benzene rings is 3. The summed E-state index contributed by atoms with van der Waals surface area (Å²) in [6, 6.07) is 23.6. The predicted octanol–water partition coefficient (Wildman–Crippen LogP) is 4.93. The van der Waals surface area contributed by atoms with Gasteiger partial charge in [0.25, 0.3) is 0 Å². The van der Waals surface area contributed by atoms with E-state index in [1.54, 1.807) is 0 Å². The van der Waals surface area contributed by atoms with E-state index in [2.05, 4.69) is 16.7 Å². The molecule has 0 saturated heterocycles. The Morgan fingerprint density at radius 3 is 2.19 bits per heavy atom. The highest BCUT2D eigenvalue weighted by Gasteiger charge is 2.04. The maximum absolute atomic E-state index is 12.1. The van der Waals surface area contributed by atoms with Gasteiger partial charge in [-0.2, -0.15) is 0 Å². The molecule has 0 saturated carbocycles. The Kier molecular flexibility index (Phi) is 6.10. The third kappa shape index (κ3) is 5.89. The highest BCUT2D eigenvalue weighted by atomic mass is 16.5. The molecule has 27 heavy (non-hydrogen) atoms. The smallest absolute Gasteiger partial charge is 0.243 e. The lowest BCUT2D eigenvalue weighted by atomic mass is 10.1. The van der Waals surface area contributed by atoms with Crippen LogP contribution < -0.4 is 15.4 Å². The predicted molar refractivity (Wildman–Crippen MR) is 110 cm³/mol. The maximum atomic E-state index is 12.1. The van der Waals surface area contributed by atoms with Crippen molar-refractivity contribution in [3.8, 4) is 5.75 Å². The molecule has 0 heterocycles. The van der Waals surface area contributed by atoms with Crippen LogP contribution in [-0.2, 0) is 11.4 Å². The van der Waals surface area contributed by atoms with E-state index < -0.39 is 0 Å². The number of carbonyl (C=O) groups is 1. The number of hydrogen-bond acceptors (Lipinski definition) is 3. The van der Waals surface area contributed by atoms with Gasteiger partial charge >= 0.3 is 0 Å². The molecule has 2 N–H and O–H groups in total. The van der Waals surface area contributed by atoms with Crippen molar-refractivity contribution in [2.24, 2.45) is 0 Å². The molecule has 0 fully saturated rings. The molecule has 4 heteroatoms. The first-order valence-electron chi connectivity index (χ1n) is 8.97. The van der Waals surface area contributed by atoms with Gasteiger partial charge in [0.05, 0.1) is 6.54 Å². The van der Waals surface area contributed by atoms with Crippen molar-refractivity contribution in [1.29, 1.82) is 0 Å². The van der Waals surface area contributed by atoms with E-state index in [-0.39, 0.29) is 12.5 Å². The maximum Gasteiger partial charge on any atom is 0.243 e. The topological polar surface area (TPSA) is 50.4 Å². The Morgan fingerprint density at radius 1 is 0.852 bits per heavy atom. The van der Waals surface area contributed by atoms with Gasteiger partial charge in [-0.05, 0) is 66.9 Å². The number of hydrogen-bond donors (Lipinski definition) is 2. The molecule has 0 aliphatic rings. The second kappa shape index (κ2) is 8.90. The third-order valence-corrected chi connectivity index (χ3v) is 4.06. The molecule has 138 valence electrons. The van der Waals surface area contributed by atoms with E-state index in [0.29, 0.717) is 6.61 Å². The van der Waals surface area contributed by atoms with Gasteiger partial charge in [0.2, 0.25) is 5.91 Å². The molecule has 1 amide bonds. The number of rotatable bonds is 7. The van der Waals surface area contributed by atoms with Gasteiger partial charge < -0.3 is 15.4 Å². The van der Waals surface area contributed by atoms with E-state index in [4.69, 9.17) is 4.74 Å². The van der Waals surface area contributed by atoms with Crippen LogP contribution in [0.25, 0.3) is 0 Å². The normalized spacial score (nSPS) is 10.3. The van der Waals surface area contributed by atoms with Gasteiger partial charge in [0.1, 0.15) is 12.4 Å². The van der Waals surface area contributed by atoms with Gasteiger partial charge in [-0.15, -0.1) is 0 Å². The molecule has 4 nitrogen and oxygen atoms in total. The van der Waals surface area contributed by atoms with Gasteiger partial charge in [-0.3, -0.25) is 4.79 Å². The zero-order valence-corrected chi connectivity index (χ0v) is 15.7. The van der Waals surface area contributed by atoms with E-state index in [0.717, 1.165) is 22.7 Å². The number of anilines is 2. The fourth-order valence-electron chi connectivity index (χ4n) is 2.84. The molecule has 3 aromatic rings. The molecule has 0 aliphatic heterocycles. The average molecular weight is 360 g/mol. The van der Waals surface area contributed by atoms with Crippen LogP contribution in [0, 0.1) is 13.8 Å². The van der Waals surface area contributed by atoms with Crippen LogP contribution in [-0.4, -0.2) is 12.5 Å². The molecular formula is C23H24N2O2. The summed E-state index contributed by atoms with van der Waals surface area (Å²) in [5.41, 5.74) is 5.15. The number of ether oxygens (including phenoxy) is 1. The molecule has 0 radical (unpaired) electrons. The van der Waals surface area contributed by atoms with E-state index in [1.165, 1.54) is 11.1 Å². The molecule has 0 spiro atoms. The minimum Gasteiger partial charge on any atom is -0.489 e. The van der Waals surface area contributed by atoms with Crippen molar-refractivity contribution in [2.75, 3.05) is 17.2 Å². The fraction of sp³-hybridized carbons (Fsp3) is 0.174. The van der Waals surface area contributed by atoms with Crippen molar-refractivity contribution in [1.82, 2.24) is 0 Å². The number of aryl methyl sites for hydroxylation is 2. The van der Waals surface area contributed by atoms with Crippen molar-refractivity contribution in [2.45, 2.75) is 20.5 Å². The molecule has 3 rings (SSSR count). The van der Waals surface area contributed by atoms with E-state index >= 15 is 0 Å². The summed E-state index contributed by atoms with van der Waals surface area (Å²) in [4.78, 5) is 12.1. The SMILES string of the molecule is Cc1cc(C)cc(NCC(=O)Nc2ccc(OCc3ccccc3)cc2)c1. The summed E-state index contributed by atoms with van der Waals surface area (Å²) in [5, 5.41) is 6.04. The largest absolute Gasteiger partial charge is 0.489 e. The number of carbonyl (C=O) groups excluding carboxylic acids is 1. The van der Waals surface area contributed by atoms with Gasteiger partial charge in [-0.1, -0.05) is 36.4 Å².